The van der Waals surface area contributed by atoms with Gasteiger partial charge in [-0.1, -0.05) is 6.07 Å². The van der Waals surface area contributed by atoms with E-state index in [1.165, 1.54) is 20.3 Å². The highest BCUT2D eigenvalue weighted by molar-refractivity contribution is 9.10. The molecule has 4 nitrogen and oxygen atoms in total. The summed E-state index contributed by atoms with van der Waals surface area (Å²) in [6.07, 6.45) is 0. The Hall–Kier alpha value is -2.08. The van der Waals surface area contributed by atoms with Gasteiger partial charge in [0.2, 0.25) is 0 Å². The largest absolute Gasteiger partial charge is 0.495 e. The topological polar surface area (TPSA) is 47.6 Å². The van der Waals surface area contributed by atoms with Crippen LogP contribution >= 0.6 is 15.9 Å². The first-order valence-corrected chi connectivity index (χ1v) is 7.24. The summed E-state index contributed by atoms with van der Waals surface area (Å²) < 4.78 is 24.7. The second kappa shape index (κ2) is 6.79. The SMILES string of the molecule is COc1cc(C(=O)Nc2cc(C)ccc2F)cc(OC)c1Br. The first kappa shape index (κ1) is 16.3. The lowest BCUT2D eigenvalue weighted by molar-refractivity contribution is 0.102. The minimum absolute atomic E-state index is 0.130. The Morgan fingerprint density at radius 3 is 2.27 bits per heavy atom. The molecule has 0 spiro atoms. The zero-order valence-electron chi connectivity index (χ0n) is 12.4. The molecule has 22 heavy (non-hydrogen) atoms. The van der Waals surface area contributed by atoms with Crippen molar-refractivity contribution in [1.29, 1.82) is 0 Å². The summed E-state index contributed by atoms with van der Waals surface area (Å²) >= 11 is 3.33. The normalized spacial score (nSPS) is 10.2. The molecular formula is C16H15BrFNO3. The number of anilines is 1. The van der Waals surface area contributed by atoms with Crippen LogP contribution in [-0.2, 0) is 0 Å². The van der Waals surface area contributed by atoms with Crippen molar-refractivity contribution in [2.24, 2.45) is 0 Å². The molecule has 1 N–H and O–H groups in total. The quantitative estimate of drug-likeness (QED) is 0.882. The number of amides is 1. The molecule has 0 atom stereocenters. The Bertz CT molecular complexity index is 694. The minimum atomic E-state index is -0.491. The standard InChI is InChI=1S/C16H15BrFNO3/c1-9-4-5-11(18)12(6-9)19-16(20)10-7-13(21-2)15(17)14(8-10)22-3/h4-8H,1-3H3,(H,19,20). The van der Waals surface area contributed by atoms with Crippen LogP contribution in [0.5, 0.6) is 11.5 Å². The van der Waals surface area contributed by atoms with E-state index >= 15 is 0 Å². The van der Waals surface area contributed by atoms with E-state index in [-0.39, 0.29) is 5.69 Å². The van der Waals surface area contributed by atoms with Gasteiger partial charge in [0.05, 0.1) is 19.9 Å². The second-order valence-corrected chi connectivity index (χ2v) is 5.43. The van der Waals surface area contributed by atoms with Crippen LogP contribution in [0.25, 0.3) is 0 Å². The smallest absolute Gasteiger partial charge is 0.256 e. The molecule has 0 unspecified atom stereocenters. The number of hydrogen-bond acceptors (Lipinski definition) is 3. The number of hydrogen-bond donors (Lipinski definition) is 1. The molecule has 0 saturated heterocycles. The Morgan fingerprint density at radius 2 is 1.73 bits per heavy atom. The molecule has 116 valence electrons. The second-order valence-electron chi connectivity index (χ2n) is 4.63. The van der Waals surface area contributed by atoms with Gasteiger partial charge in [-0.3, -0.25) is 4.79 Å². The molecule has 2 rings (SSSR count). The van der Waals surface area contributed by atoms with Gasteiger partial charge >= 0.3 is 0 Å². The maximum absolute atomic E-state index is 13.7. The van der Waals surface area contributed by atoms with Gasteiger partial charge in [0.15, 0.2) is 0 Å². The van der Waals surface area contributed by atoms with E-state index in [1.54, 1.807) is 24.3 Å². The molecule has 2 aromatic rings. The summed E-state index contributed by atoms with van der Waals surface area (Å²) in [5.74, 6) is -0.0352. The molecular weight excluding hydrogens is 353 g/mol. The fourth-order valence-electron chi connectivity index (χ4n) is 1.93. The molecule has 0 aliphatic heterocycles. The lowest BCUT2D eigenvalue weighted by Crippen LogP contribution is -2.13. The van der Waals surface area contributed by atoms with Gasteiger partial charge in [-0.15, -0.1) is 0 Å². The van der Waals surface area contributed by atoms with Crippen LogP contribution in [0, 0.1) is 12.7 Å². The van der Waals surface area contributed by atoms with Crippen molar-refractivity contribution < 1.29 is 18.7 Å². The lowest BCUT2D eigenvalue weighted by atomic mass is 10.1. The highest BCUT2D eigenvalue weighted by atomic mass is 79.9. The monoisotopic (exact) mass is 367 g/mol. The van der Waals surface area contributed by atoms with E-state index in [9.17, 15) is 9.18 Å². The summed E-state index contributed by atoms with van der Waals surface area (Å²) in [7, 11) is 2.98. The Balaban J connectivity index is 2.35. The Kier molecular flexibility index (Phi) is 5.03. The molecule has 1 amide bonds. The molecule has 0 aliphatic rings. The predicted octanol–water partition coefficient (Wildman–Crippen LogP) is 4.17. The Labute approximate surface area is 136 Å². The maximum Gasteiger partial charge on any atom is 0.256 e. The predicted molar refractivity (Wildman–Crippen MR) is 86.3 cm³/mol. The van der Waals surface area contributed by atoms with E-state index < -0.39 is 11.7 Å². The van der Waals surface area contributed by atoms with Crippen molar-refractivity contribution >= 4 is 27.5 Å². The van der Waals surface area contributed by atoms with Crippen molar-refractivity contribution in [2.75, 3.05) is 19.5 Å². The van der Waals surface area contributed by atoms with Crippen LogP contribution in [0.2, 0.25) is 0 Å². The number of aryl methyl sites for hydroxylation is 1. The third kappa shape index (κ3) is 3.39. The summed E-state index contributed by atoms with van der Waals surface area (Å²) in [5, 5.41) is 2.55. The van der Waals surface area contributed by atoms with Gasteiger partial charge in [0, 0.05) is 5.56 Å². The zero-order valence-corrected chi connectivity index (χ0v) is 14.0. The minimum Gasteiger partial charge on any atom is -0.495 e. The average molecular weight is 368 g/mol. The van der Waals surface area contributed by atoms with Crippen molar-refractivity contribution in [3.63, 3.8) is 0 Å². The number of nitrogens with one attached hydrogen (secondary N) is 1. The molecule has 0 aromatic heterocycles. The summed E-state index contributed by atoms with van der Waals surface area (Å²) in [6.45, 7) is 1.82. The van der Waals surface area contributed by atoms with Gasteiger partial charge in [-0.05, 0) is 52.7 Å². The number of methoxy groups -OCH3 is 2. The number of ether oxygens (including phenoxy) is 2. The third-order valence-corrected chi connectivity index (χ3v) is 3.86. The van der Waals surface area contributed by atoms with Crippen molar-refractivity contribution in [3.8, 4) is 11.5 Å². The number of rotatable bonds is 4. The third-order valence-electron chi connectivity index (χ3n) is 3.08. The van der Waals surface area contributed by atoms with Crippen LogP contribution < -0.4 is 14.8 Å². The first-order chi connectivity index (χ1) is 10.5. The number of halogens is 2. The average Bonchev–Trinajstić information content (AvgIpc) is 2.51. The van der Waals surface area contributed by atoms with E-state index in [1.807, 2.05) is 6.92 Å². The first-order valence-electron chi connectivity index (χ1n) is 6.45. The maximum atomic E-state index is 13.7. The fourth-order valence-corrected chi connectivity index (χ4v) is 2.48. The fraction of sp³-hybridized carbons (Fsp3) is 0.188. The van der Waals surface area contributed by atoms with Crippen LogP contribution in [0.4, 0.5) is 10.1 Å². The highest BCUT2D eigenvalue weighted by Gasteiger charge is 2.16. The zero-order chi connectivity index (χ0) is 16.3. The number of carbonyl (C=O) groups excluding carboxylic acids is 1. The van der Waals surface area contributed by atoms with Crippen LogP contribution in [0.1, 0.15) is 15.9 Å². The molecule has 0 heterocycles. The van der Waals surface area contributed by atoms with Gasteiger partial charge in [0.25, 0.3) is 5.91 Å². The van der Waals surface area contributed by atoms with E-state index in [2.05, 4.69) is 21.2 Å². The number of benzene rings is 2. The van der Waals surface area contributed by atoms with Crippen LogP contribution in [-0.4, -0.2) is 20.1 Å². The van der Waals surface area contributed by atoms with Gasteiger partial charge < -0.3 is 14.8 Å². The molecule has 6 heteroatoms. The molecule has 0 radical (unpaired) electrons. The molecule has 0 fully saturated rings. The summed E-state index contributed by atoms with van der Waals surface area (Å²) in [4.78, 5) is 12.3. The molecule has 0 bridgehead atoms. The van der Waals surface area contributed by atoms with Crippen molar-refractivity contribution in [3.05, 3.63) is 51.7 Å². The Morgan fingerprint density at radius 1 is 1.14 bits per heavy atom. The van der Waals surface area contributed by atoms with Crippen molar-refractivity contribution in [2.45, 2.75) is 6.92 Å². The lowest BCUT2D eigenvalue weighted by Gasteiger charge is -2.12. The van der Waals surface area contributed by atoms with E-state index in [0.29, 0.717) is 21.5 Å². The van der Waals surface area contributed by atoms with Gasteiger partial charge in [-0.2, -0.15) is 0 Å². The summed E-state index contributed by atoms with van der Waals surface area (Å²) in [6, 6.07) is 7.62. The number of carbonyl (C=O) groups is 1. The van der Waals surface area contributed by atoms with Crippen LogP contribution in [0.3, 0.4) is 0 Å². The highest BCUT2D eigenvalue weighted by Crippen LogP contribution is 2.35. The molecule has 2 aromatic carbocycles. The van der Waals surface area contributed by atoms with Gasteiger partial charge in [0.1, 0.15) is 21.8 Å². The van der Waals surface area contributed by atoms with Crippen molar-refractivity contribution in [1.82, 2.24) is 0 Å². The summed E-state index contributed by atoms with van der Waals surface area (Å²) in [5.41, 5.74) is 1.28. The van der Waals surface area contributed by atoms with E-state index in [0.717, 1.165) is 5.56 Å². The van der Waals surface area contributed by atoms with Crippen LogP contribution in [0.15, 0.2) is 34.8 Å². The van der Waals surface area contributed by atoms with E-state index in [4.69, 9.17) is 9.47 Å². The molecule has 0 saturated carbocycles. The molecule has 0 aliphatic carbocycles. The van der Waals surface area contributed by atoms with Gasteiger partial charge in [-0.25, -0.2) is 4.39 Å².